The summed E-state index contributed by atoms with van der Waals surface area (Å²) in [7, 11) is 0. The number of amides is 3. The van der Waals surface area contributed by atoms with Crippen LogP contribution in [-0.4, -0.2) is 43.6 Å². The fraction of sp³-hybridized carbons (Fsp3) is 0.444. The topological polar surface area (TPSA) is 144 Å². The summed E-state index contributed by atoms with van der Waals surface area (Å²) in [5.41, 5.74) is 12.4. The summed E-state index contributed by atoms with van der Waals surface area (Å²) in [6, 6.07) is 8.32. The first kappa shape index (κ1) is 26.5. The predicted molar refractivity (Wildman–Crippen MR) is 145 cm³/mol. The molecule has 1 aliphatic carbocycles. The first-order valence-corrected chi connectivity index (χ1v) is 13.4. The van der Waals surface area contributed by atoms with Crippen molar-refractivity contribution in [2.75, 3.05) is 5.73 Å². The molecule has 2 heterocycles. The number of rotatable bonds is 8. The first-order valence-electron chi connectivity index (χ1n) is 12.7. The lowest BCUT2D eigenvalue weighted by molar-refractivity contribution is -0.128. The van der Waals surface area contributed by atoms with Gasteiger partial charge >= 0.3 is 0 Å². The van der Waals surface area contributed by atoms with E-state index in [9.17, 15) is 14.4 Å². The molecule has 0 saturated heterocycles. The van der Waals surface area contributed by atoms with E-state index < -0.39 is 23.4 Å². The number of nitrogens with zero attached hydrogens (tertiary/aromatic N) is 3. The van der Waals surface area contributed by atoms with E-state index in [1.165, 1.54) is 0 Å². The molecular formula is C27H34N6O3S. The van der Waals surface area contributed by atoms with Crippen LogP contribution in [0.5, 0.6) is 0 Å². The van der Waals surface area contributed by atoms with Crippen LogP contribution < -0.4 is 16.8 Å². The van der Waals surface area contributed by atoms with Gasteiger partial charge in [-0.15, -0.1) is 0 Å². The van der Waals surface area contributed by atoms with Crippen LogP contribution >= 0.6 is 11.5 Å². The Morgan fingerprint density at radius 1 is 1.19 bits per heavy atom. The Labute approximate surface area is 220 Å². The zero-order chi connectivity index (χ0) is 26.7. The van der Waals surface area contributed by atoms with Gasteiger partial charge in [-0.2, -0.15) is 4.37 Å². The van der Waals surface area contributed by atoms with E-state index in [4.69, 9.17) is 11.5 Å². The number of aromatic nitrogens is 2. The molecule has 0 bridgehead atoms. The molecule has 2 aromatic heterocycles. The summed E-state index contributed by atoms with van der Waals surface area (Å²) in [5.74, 6) is -1.49. The van der Waals surface area contributed by atoms with Crippen molar-refractivity contribution >= 4 is 45.8 Å². The van der Waals surface area contributed by atoms with Crippen molar-refractivity contribution in [3.63, 3.8) is 0 Å². The van der Waals surface area contributed by atoms with Crippen molar-refractivity contribution < 1.29 is 14.4 Å². The second kappa shape index (κ2) is 10.8. The second-order valence-corrected chi connectivity index (χ2v) is 11.0. The summed E-state index contributed by atoms with van der Waals surface area (Å²) in [6.07, 6.45) is 6.96. The van der Waals surface area contributed by atoms with Crippen molar-refractivity contribution in [3.05, 3.63) is 52.7 Å². The van der Waals surface area contributed by atoms with E-state index in [0.29, 0.717) is 12.0 Å². The van der Waals surface area contributed by atoms with Gasteiger partial charge in [0.1, 0.15) is 10.9 Å². The molecule has 5 N–H and O–H groups in total. The zero-order valence-electron chi connectivity index (χ0n) is 21.5. The number of nitrogen functional groups attached to an aromatic ring is 1. The molecule has 1 aliphatic rings. The second-order valence-electron chi connectivity index (χ2n) is 10.2. The molecule has 10 heteroatoms. The molecule has 196 valence electrons. The van der Waals surface area contributed by atoms with Crippen LogP contribution in [0, 0.1) is 0 Å². The Bertz CT molecular complexity index is 1310. The van der Waals surface area contributed by atoms with Crippen LogP contribution in [0.15, 0.2) is 36.5 Å². The van der Waals surface area contributed by atoms with E-state index in [1.54, 1.807) is 11.1 Å². The Morgan fingerprint density at radius 3 is 2.57 bits per heavy atom. The molecule has 3 amide bonds. The maximum Gasteiger partial charge on any atom is 0.270 e. The Morgan fingerprint density at radius 2 is 1.92 bits per heavy atom. The highest BCUT2D eigenvalue weighted by Gasteiger charge is 2.40. The number of pyridine rings is 1. The Balaban J connectivity index is 1.87. The monoisotopic (exact) mass is 522 g/mol. The van der Waals surface area contributed by atoms with E-state index in [1.807, 2.05) is 51.1 Å². The molecule has 0 unspecified atom stereocenters. The average Bonchev–Trinajstić information content (AvgIpc) is 3.28. The van der Waals surface area contributed by atoms with Gasteiger partial charge in [-0.25, -0.2) is 0 Å². The predicted octanol–water partition coefficient (Wildman–Crippen LogP) is 4.19. The van der Waals surface area contributed by atoms with Gasteiger partial charge in [-0.3, -0.25) is 19.4 Å². The summed E-state index contributed by atoms with van der Waals surface area (Å²) in [4.78, 5) is 46.2. The van der Waals surface area contributed by atoms with Gasteiger partial charge in [0.2, 0.25) is 5.91 Å². The van der Waals surface area contributed by atoms with Crippen LogP contribution in [0.2, 0.25) is 0 Å². The maximum absolute atomic E-state index is 14.2. The molecule has 1 fully saturated rings. The van der Waals surface area contributed by atoms with Crippen molar-refractivity contribution in [2.45, 2.75) is 76.9 Å². The van der Waals surface area contributed by atoms with Gasteiger partial charge in [0.05, 0.1) is 11.2 Å². The number of carbonyl (C=O) groups excluding carboxylic acids is 3. The number of benzene rings is 1. The summed E-state index contributed by atoms with van der Waals surface area (Å²) in [6.45, 7) is 5.92. The standard InChI is InChI=1S/C27H34N6O3S/c1-4-27(2,3)31-25(35)22(17-12-13-19-16(15-17)9-8-14-30-19)33(18-10-6-5-7-11-18)26(36)23-20(28)21(24(29)34)32-37-23/h8-9,12-15,18,22H,4-7,10-11,28H2,1-3H3,(H2,29,34)(H,31,35)/t22-/m1/s1. The van der Waals surface area contributed by atoms with Crippen LogP contribution in [0.3, 0.4) is 0 Å². The minimum Gasteiger partial charge on any atom is -0.395 e. The number of primary amides is 1. The Hall–Kier alpha value is -3.53. The lowest BCUT2D eigenvalue weighted by atomic mass is 9.90. The number of nitrogens with one attached hydrogen (secondary N) is 1. The quantitative estimate of drug-likeness (QED) is 0.404. The largest absolute Gasteiger partial charge is 0.395 e. The molecule has 0 aliphatic heterocycles. The van der Waals surface area contributed by atoms with Gasteiger partial charge in [0.15, 0.2) is 5.69 Å². The number of hydrogen-bond donors (Lipinski definition) is 3. The van der Waals surface area contributed by atoms with Crippen LogP contribution in [-0.2, 0) is 4.79 Å². The smallest absolute Gasteiger partial charge is 0.270 e. The summed E-state index contributed by atoms with van der Waals surface area (Å²) >= 11 is 0.841. The van der Waals surface area contributed by atoms with E-state index in [-0.39, 0.29) is 28.2 Å². The van der Waals surface area contributed by atoms with E-state index in [2.05, 4.69) is 14.7 Å². The fourth-order valence-electron chi connectivity index (χ4n) is 4.79. The third kappa shape index (κ3) is 5.58. The molecule has 4 rings (SSSR count). The number of fused-ring (bicyclic) bond motifs is 1. The lowest BCUT2D eigenvalue weighted by Gasteiger charge is -2.40. The van der Waals surface area contributed by atoms with E-state index >= 15 is 0 Å². The summed E-state index contributed by atoms with van der Waals surface area (Å²) < 4.78 is 4.04. The summed E-state index contributed by atoms with van der Waals surface area (Å²) in [5, 5.41) is 4.02. The molecule has 1 saturated carbocycles. The highest BCUT2D eigenvalue weighted by atomic mass is 32.1. The molecule has 9 nitrogen and oxygen atoms in total. The number of anilines is 1. The fourth-order valence-corrected chi connectivity index (χ4v) is 5.54. The van der Waals surface area contributed by atoms with Crippen LogP contribution in [0.1, 0.15) is 91.1 Å². The van der Waals surface area contributed by atoms with Crippen molar-refractivity contribution in [1.29, 1.82) is 0 Å². The third-order valence-corrected chi connectivity index (χ3v) is 8.02. The number of carbonyl (C=O) groups is 3. The van der Waals surface area contributed by atoms with Gasteiger partial charge in [0, 0.05) is 23.2 Å². The van der Waals surface area contributed by atoms with Crippen molar-refractivity contribution in [2.24, 2.45) is 5.73 Å². The van der Waals surface area contributed by atoms with Crippen molar-refractivity contribution in [1.82, 2.24) is 19.6 Å². The molecule has 37 heavy (non-hydrogen) atoms. The first-order chi connectivity index (χ1) is 17.6. The molecule has 0 spiro atoms. The van der Waals surface area contributed by atoms with Crippen LogP contribution in [0.4, 0.5) is 5.69 Å². The van der Waals surface area contributed by atoms with E-state index in [0.717, 1.165) is 54.5 Å². The SMILES string of the molecule is CCC(C)(C)NC(=O)[C@@H](c1ccc2ncccc2c1)N(C(=O)c1snc(C(N)=O)c1N)C1CCCCC1. The van der Waals surface area contributed by atoms with Gasteiger partial charge in [-0.1, -0.05) is 38.3 Å². The molecule has 0 radical (unpaired) electrons. The maximum atomic E-state index is 14.2. The van der Waals surface area contributed by atoms with Crippen molar-refractivity contribution in [3.8, 4) is 0 Å². The number of nitrogens with two attached hydrogens (primary N) is 2. The van der Waals surface area contributed by atoms with Crippen LogP contribution in [0.25, 0.3) is 10.9 Å². The van der Waals surface area contributed by atoms with Gasteiger partial charge in [0.25, 0.3) is 11.8 Å². The Kier molecular flexibility index (Phi) is 7.77. The highest BCUT2D eigenvalue weighted by Crippen LogP contribution is 2.36. The number of hydrogen-bond acceptors (Lipinski definition) is 7. The zero-order valence-corrected chi connectivity index (χ0v) is 22.3. The highest BCUT2D eigenvalue weighted by molar-refractivity contribution is 7.09. The minimum atomic E-state index is -0.912. The molecule has 1 atom stereocenters. The molecular weight excluding hydrogens is 488 g/mol. The van der Waals surface area contributed by atoms with Gasteiger partial charge in [-0.05, 0) is 68.4 Å². The lowest BCUT2D eigenvalue weighted by Crippen LogP contribution is -2.53. The molecule has 1 aromatic carbocycles. The van der Waals surface area contributed by atoms with Gasteiger partial charge < -0.3 is 21.7 Å². The minimum absolute atomic E-state index is 0.0425. The molecule has 3 aromatic rings. The normalized spacial score (nSPS) is 15.3. The third-order valence-electron chi connectivity index (χ3n) is 7.17. The average molecular weight is 523 g/mol.